The lowest BCUT2D eigenvalue weighted by atomic mass is 10.1. The highest BCUT2D eigenvalue weighted by molar-refractivity contribution is 6.08. The summed E-state index contributed by atoms with van der Waals surface area (Å²) in [7, 11) is 0. The molecule has 0 spiro atoms. The predicted octanol–water partition coefficient (Wildman–Crippen LogP) is 6.89. The molecule has 2 aromatic carbocycles. The molecule has 1 N–H and O–H groups in total. The van der Waals surface area contributed by atoms with E-state index < -0.39 is 0 Å². The number of fused-ring (bicyclic) bond motifs is 2. The maximum absolute atomic E-state index is 4.87. The van der Waals surface area contributed by atoms with Crippen LogP contribution in [0.15, 0.2) is 72.8 Å². The Kier molecular flexibility index (Phi) is 5.17. The zero-order valence-corrected chi connectivity index (χ0v) is 17.3. The van der Waals surface area contributed by atoms with Gasteiger partial charge in [-0.25, -0.2) is 9.67 Å². The number of rotatable bonds is 5. The van der Waals surface area contributed by atoms with Crippen LogP contribution in [0, 0.1) is 0 Å². The maximum atomic E-state index is 4.87. The van der Waals surface area contributed by atoms with Crippen LogP contribution in [0.3, 0.4) is 0 Å². The van der Waals surface area contributed by atoms with Gasteiger partial charge in [0.1, 0.15) is 5.82 Å². The minimum absolute atomic E-state index is 0.339. The molecule has 0 aliphatic rings. The van der Waals surface area contributed by atoms with Crippen molar-refractivity contribution < 1.29 is 0 Å². The Morgan fingerprint density at radius 1 is 0.966 bits per heavy atom. The summed E-state index contributed by atoms with van der Waals surface area (Å²) in [6, 6.07) is 18.6. The molecule has 2 aromatic heterocycles. The van der Waals surface area contributed by atoms with Crippen LogP contribution >= 0.6 is 0 Å². The third-order valence-corrected chi connectivity index (χ3v) is 5.04. The third-order valence-electron chi connectivity index (χ3n) is 5.04. The molecule has 0 unspecified atom stereocenters. The van der Waals surface area contributed by atoms with E-state index in [1.807, 2.05) is 36.7 Å². The summed E-state index contributed by atoms with van der Waals surface area (Å²) < 4.78 is 1.99. The fourth-order valence-corrected chi connectivity index (χ4v) is 3.53. The van der Waals surface area contributed by atoms with Crippen molar-refractivity contribution in [3.8, 4) is 0 Å². The summed E-state index contributed by atoms with van der Waals surface area (Å²) in [5, 5.41) is 10.8. The van der Waals surface area contributed by atoms with Crippen molar-refractivity contribution in [2.45, 2.75) is 33.6 Å². The molecule has 2 heterocycles. The zero-order chi connectivity index (χ0) is 20.4. The van der Waals surface area contributed by atoms with Crippen LogP contribution in [0.2, 0.25) is 0 Å². The van der Waals surface area contributed by atoms with Crippen molar-refractivity contribution in [3.05, 3.63) is 78.5 Å². The number of nitrogens with zero attached hydrogens (tertiary/aromatic N) is 3. The monoisotopic (exact) mass is 382 g/mol. The molecule has 0 bridgehead atoms. The maximum Gasteiger partial charge on any atom is 0.134 e. The van der Waals surface area contributed by atoms with Crippen molar-refractivity contribution in [2.75, 3.05) is 5.32 Å². The summed E-state index contributed by atoms with van der Waals surface area (Å²) >= 11 is 0. The Labute approximate surface area is 171 Å². The number of nitrogens with one attached hydrogen (secondary N) is 1. The number of aromatic nitrogens is 3. The van der Waals surface area contributed by atoms with Gasteiger partial charge >= 0.3 is 0 Å². The smallest absolute Gasteiger partial charge is 0.134 e. The molecule has 0 aliphatic carbocycles. The Bertz CT molecular complexity index is 1170. The molecule has 0 aliphatic heterocycles. The van der Waals surface area contributed by atoms with Gasteiger partial charge in [-0.15, -0.1) is 0 Å². The second-order valence-electron chi connectivity index (χ2n) is 7.38. The molecule has 0 amide bonds. The van der Waals surface area contributed by atoms with Gasteiger partial charge in [0.05, 0.1) is 28.1 Å². The summed E-state index contributed by atoms with van der Waals surface area (Å²) in [6.45, 7) is 8.39. The molecular formula is C25H26N4. The van der Waals surface area contributed by atoms with Gasteiger partial charge in [-0.1, -0.05) is 62.4 Å². The zero-order valence-electron chi connectivity index (χ0n) is 17.3. The quantitative estimate of drug-likeness (QED) is 0.302. The molecule has 4 heteroatoms. The van der Waals surface area contributed by atoms with Crippen molar-refractivity contribution in [2.24, 2.45) is 0 Å². The van der Waals surface area contributed by atoms with Gasteiger partial charge in [-0.2, -0.15) is 5.10 Å². The number of anilines is 2. The summed E-state index contributed by atoms with van der Waals surface area (Å²) in [5.41, 5.74) is 5.09. The number of allylic oxidation sites excluding steroid dienone is 4. The van der Waals surface area contributed by atoms with Crippen molar-refractivity contribution in [1.29, 1.82) is 0 Å². The number of para-hydroxylation sites is 2. The van der Waals surface area contributed by atoms with E-state index in [1.165, 1.54) is 0 Å². The molecule has 0 radical (unpaired) electrons. The minimum atomic E-state index is 0.339. The van der Waals surface area contributed by atoms with Crippen LogP contribution in [0.1, 0.15) is 39.3 Å². The van der Waals surface area contributed by atoms with Crippen LogP contribution in [-0.2, 0) is 0 Å². The van der Waals surface area contributed by atoms with Gasteiger partial charge in [0.25, 0.3) is 0 Å². The van der Waals surface area contributed by atoms with Gasteiger partial charge < -0.3 is 5.32 Å². The molecule has 4 nitrogen and oxygen atoms in total. The van der Waals surface area contributed by atoms with Gasteiger partial charge in [0, 0.05) is 16.8 Å². The van der Waals surface area contributed by atoms with Crippen LogP contribution in [0.4, 0.5) is 11.5 Å². The lowest BCUT2D eigenvalue weighted by Crippen LogP contribution is -2.04. The van der Waals surface area contributed by atoms with E-state index >= 15 is 0 Å². The minimum Gasteiger partial charge on any atom is -0.339 e. The van der Waals surface area contributed by atoms with E-state index in [4.69, 9.17) is 10.1 Å². The van der Waals surface area contributed by atoms with Gasteiger partial charge in [-0.05, 0) is 38.0 Å². The van der Waals surface area contributed by atoms with E-state index in [2.05, 4.69) is 73.8 Å². The highest BCUT2D eigenvalue weighted by atomic mass is 15.3. The van der Waals surface area contributed by atoms with E-state index in [0.717, 1.165) is 44.7 Å². The van der Waals surface area contributed by atoms with Gasteiger partial charge in [0.15, 0.2) is 0 Å². The lowest BCUT2D eigenvalue weighted by Gasteiger charge is -2.15. The van der Waals surface area contributed by atoms with Gasteiger partial charge in [-0.3, -0.25) is 0 Å². The number of hydrogen-bond acceptors (Lipinski definition) is 3. The highest BCUT2D eigenvalue weighted by Crippen LogP contribution is 2.34. The fraction of sp³-hybridized carbons (Fsp3) is 0.200. The first-order valence-corrected chi connectivity index (χ1v) is 10.1. The van der Waals surface area contributed by atoms with E-state index in [9.17, 15) is 0 Å². The molecular weight excluding hydrogens is 356 g/mol. The molecule has 4 rings (SSSR count). The van der Waals surface area contributed by atoms with Crippen LogP contribution in [0.5, 0.6) is 0 Å². The summed E-state index contributed by atoms with van der Waals surface area (Å²) in [4.78, 5) is 4.83. The average molecular weight is 383 g/mol. The van der Waals surface area contributed by atoms with Crippen molar-refractivity contribution >= 4 is 39.0 Å². The molecule has 0 atom stereocenters. The van der Waals surface area contributed by atoms with E-state index in [0.29, 0.717) is 5.92 Å². The normalized spacial score (nSPS) is 12.5. The first-order valence-electron chi connectivity index (χ1n) is 10.1. The van der Waals surface area contributed by atoms with Crippen LogP contribution in [0.25, 0.3) is 27.5 Å². The Morgan fingerprint density at radius 2 is 1.59 bits per heavy atom. The topological polar surface area (TPSA) is 42.7 Å². The van der Waals surface area contributed by atoms with E-state index in [1.54, 1.807) is 0 Å². The van der Waals surface area contributed by atoms with Crippen LogP contribution < -0.4 is 5.32 Å². The predicted molar refractivity (Wildman–Crippen MR) is 124 cm³/mol. The Balaban J connectivity index is 1.95. The fourth-order valence-electron chi connectivity index (χ4n) is 3.53. The largest absolute Gasteiger partial charge is 0.339 e. The van der Waals surface area contributed by atoms with E-state index in [-0.39, 0.29) is 0 Å². The third kappa shape index (κ3) is 3.54. The van der Waals surface area contributed by atoms with Crippen LogP contribution in [-0.4, -0.2) is 14.8 Å². The molecule has 0 saturated carbocycles. The Morgan fingerprint density at radius 3 is 2.14 bits per heavy atom. The highest BCUT2D eigenvalue weighted by Gasteiger charge is 2.15. The molecule has 146 valence electrons. The molecule has 0 fully saturated rings. The first-order chi connectivity index (χ1) is 14.1. The summed E-state index contributed by atoms with van der Waals surface area (Å²) in [5.74, 6) is 1.29. The van der Waals surface area contributed by atoms with Crippen molar-refractivity contribution in [3.63, 3.8) is 0 Å². The molecule has 0 saturated heterocycles. The molecule has 29 heavy (non-hydrogen) atoms. The number of benzene rings is 2. The lowest BCUT2D eigenvalue weighted by molar-refractivity contribution is 0.779. The summed E-state index contributed by atoms with van der Waals surface area (Å²) in [6.07, 6.45) is 6.18. The van der Waals surface area contributed by atoms with Crippen molar-refractivity contribution in [1.82, 2.24) is 14.8 Å². The SMILES string of the molecule is C/C=C\C(=C/C)n1nc(C(C)C)cc1Nc1c2ccccc2nc2ccccc12. The second-order valence-corrected chi connectivity index (χ2v) is 7.38. The average Bonchev–Trinajstić information content (AvgIpc) is 3.16. The second kappa shape index (κ2) is 7.92. The Hall–Kier alpha value is -3.40. The first kappa shape index (κ1) is 18.9. The molecule has 4 aromatic rings. The standard InChI is InChI=1S/C25H26N4/c1-5-11-18(6-2)29-24(16-23(28-29)17(3)4)27-25-19-12-7-9-14-21(19)26-22-15-10-8-13-20(22)25/h5-17H,1-4H3,(H,26,27)/b11-5-,18-6+. The number of pyridine rings is 1. The number of hydrogen-bond donors (Lipinski definition) is 1. The van der Waals surface area contributed by atoms with Gasteiger partial charge in [0.2, 0.25) is 0 Å².